The van der Waals surface area contributed by atoms with Gasteiger partial charge in [0.1, 0.15) is 0 Å². The van der Waals surface area contributed by atoms with Gasteiger partial charge >= 0.3 is 5.97 Å². The molecule has 2 aromatic rings. The highest BCUT2D eigenvalue weighted by molar-refractivity contribution is 5.93. The van der Waals surface area contributed by atoms with Crippen LogP contribution in [0.5, 0.6) is 0 Å². The molecule has 0 aromatic heterocycles. The second-order valence-electron chi connectivity index (χ2n) is 5.48. The zero-order valence-corrected chi connectivity index (χ0v) is 13.9. The Morgan fingerprint density at radius 2 is 1.84 bits per heavy atom. The van der Waals surface area contributed by atoms with Crippen LogP contribution in [0.2, 0.25) is 0 Å². The summed E-state index contributed by atoms with van der Waals surface area (Å²) in [6.45, 7) is 2.82. The maximum atomic E-state index is 12.1. The van der Waals surface area contributed by atoms with Gasteiger partial charge in [-0.3, -0.25) is 14.9 Å². The number of hydrogen-bond donors (Lipinski definition) is 1. The van der Waals surface area contributed by atoms with Crippen molar-refractivity contribution in [2.24, 2.45) is 0 Å². The van der Waals surface area contributed by atoms with Crippen LogP contribution in [0.1, 0.15) is 34.5 Å². The number of nitro groups is 1. The fourth-order valence-corrected chi connectivity index (χ4v) is 2.36. The molecule has 7 heteroatoms. The number of nitro benzene ring substituents is 1. The molecule has 7 nitrogen and oxygen atoms in total. The fourth-order valence-electron chi connectivity index (χ4n) is 2.36. The summed E-state index contributed by atoms with van der Waals surface area (Å²) in [7, 11) is 0. The Bertz CT molecular complexity index is 789. The zero-order valence-electron chi connectivity index (χ0n) is 13.9. The van der Waals surface area contributed by atoms with Crippen molar-refractivity contribution in [3.8, 4) is 0 Å². The summed E-state index contributed by atoms with van der Waals surface area (Å²) >= 11 is 0. The fraction of sp³-hybridized carbons (Fsp3) is 0.222. The van der Waals surface area contributed by atoms with E-state index in [-0.39, 0.29) is 22.9 Å². The second-order valence-corrected chi connectivity index (χ2v) is 5.48. The molecule has 0 spiro atoms. The predicted molar refractivity (Wildman–Crippen MR) is 91.1 cm³/mol. The van der Waals surface area contributed by atoms with E-state index in [9.17, 15) is 19.7 Å². The lowest BCUT2D eigenvalue weighted by Crippen LogP contribution is -2.31. The Balaban J connectivity index is 1.95. The molecule has 25 heavy (non-hydrogen) atoms. The molecule has 0 aliphatic rings. The first-order chi connectivity index (χ1) is 11.9. The minimum Gasteiger partial charge on any atom is -0.452 e. The van der Waals surface area contributed by atoms with Gasteiger partial charge in [-0.25, -0.2) is 4.79 Å². The zero-order chi connectivity index (χ0) is 18.4. The first kappa shape index (κ1) is 18.1. The molecule has 0 saturated carbocycles. The van der Waals surface area contributed by atoms with Gasteiger partial charge in [-0.15, -0.1) is 0 Å². The molecule has 0 fully saturated rings. The van der Waals surface area contributed by atoms with Crippen LogP contribution in [0, 0.1) is 17.0 Å². The third-order valence-corrected chi connectivity index (χ3v) is 3.73. The number of nitrogens with zero attached hydrogens (tertiary/aromatic N) is 1. The van der Waals surface area contributed by atoms with Gasteiger partial charge in [0.2, 0.25) is 0 Å². The highest BCUT2D eigenvalue weighted by Crippen LogP contribution is 2.21. The number of benzene rings is 2. The van der Waals surface area contributed by atoms with Crippen LogP contribution in [0.4, 0.5) is 5.69 Å². The van der Waals surface area contributed by atoms with Crippen LogP contribution < -0.4 is 5.32 Å². The van der Waals surface area contributed by atoms with Crippen molar-refractivity contribution in [1.82, 2.24) is 5.32 Å². The molecule has 1 atom stereocenters. The SMILES string of the molecule is Cc1c(C(=O)OCC(=O)NC(C)c2ccccc2)cccc1[N+](=O)[O-]. The largest absolute Gasteiger partial charge is 0.452 e. The van der Waals surface area contributed by atoms with Gasteiger partial charge in [-0.2, -0.15) is 0 Å². The lowest BCUT2D eigenvalue weighted by atomic mass is 10.1. The summed E-state index contributed by atoms with van der Waals surface area (Å²) in [5.74, 6) is -1.23. The van der Waals surface area contributed by atoms with Crippen molar-refractivity contribution in [1.29, 1.82) is 0 Å². The Labute approximate surface area is 144 Å². The maximum absolute atomic E-state index is 12.1. The third-order valence-electron chi connectivity index (χ3n) is 3.73. The lowest BCUT2D eigenvalue weighted by molar-refractivity contribution is -0.385. The van der Waals surface area contributed by atoms with Crippen LogP contribution in [-0.4, -0.2) is 23.4 Å². The topological polar surface area (TPSA) is 98.5 Å². The Morgan fingerprint density at radius 1 is 1.16 bits per heavy atom. The molecule has 0 heterocycles. The predicted octanol–water partition coefficient (Wildman–Crippen LogP) is 2.94. The number of amides is 1. The summed E-state index contributed by atoms with van der Waals surface area (Å²) in [5, 5.41) is 13.6. The number of carbonyl (C=O) groups is 2. The van der Waals surface area contributed by atoms with E-state index in [2.05, 4.69) is 5.32 Å². The maximum Gasteiger partial charge on any atom is 0.339 e. The van der Waals surface area contributed by atoms with E-state index in [4.69, 9.17) is 4.74 Å². The van der Waals surface area contributed by atoms with E-state index < -0.39 is 23.4 Å². The van der Waals surface area contributed by atoms with Gasteiger partial charge in [0.25, 0.3) is 11.6 Å². The van der Waals surface area contributed by atoms with Crippen LogP contribution in [-0.2, 0) is 9.53 Å². The Kier molecular flexibility index (Phi) is 5.84. The first-order valence-electron chi connectivity index (χ1n) is 7.65. The molecule has 130 valence electrons. The van der Waals surface area contributed by atoms with Gasteiger partial charge in [-0.05, 0) is 25.5 Å². The second kappa shape index (κ2) is 8.05. The van der Waals surface area contributed by atoms with Crippen LogP contribution in [0.3, 0.4) is 0 Å². The normalized spacial score (nSPS) is 11.4. The van der Waals surface area contributed by atoms with E-state index in [1.807, 2.05) is 37.3 Å². The molecule has 1 unspecified atom stereocenters. The number of carbonyl (C=O) groups excluding carboxylic acids is 2. The standard InChI is InChI=1S/C18H18N2O5/c1-12-15(9-6-10-16(12)20(23)24)18(22)25-11-17(21)19-13(2)14-7-4-3-5-8-14/h3-10,13H,11H2,1-2H3,(H,19,21). The van der Waals surface area contributed by atoms with Crippen molar-refractivity contribution < 1.29 is 19.2 Å². The monoisotopic (exact) mass is 342 g/mol. The average Bonchev–Trinajstić information content (AvgIpc) is 2.60. The van der Waals surface area contributed by atoms with E-state index in [0.717, 1.165) is 5.56 Å². The molecular weight excluding hydrogens is 324 g/mol. The smallest absolute Gasteiger partial charge is 0.339 e. The Morgan fingerprint density at radius 3 is 2.48 bits per heavy atom. The summed E-state index contributed by atoms with van der Waals surface area (Å²) in [6, 6.07) is 13.3. The van der Waals surface area contributed by atoms with Gasteiger partial charge in [0.15, 0.2) is 6.61 Å². The van der Waals surface area contributed by atoms with Gasteiger partial charge in [0, 0.05) is 11.6 Å². The molecule has 1 N–H and O–H groups in total. The number of esters is 1. The molecule has 2 aromatic carbocycles. The first-order valence-corrected chi connectivity index (χ1v) is 7.65. The van der Waals surface area contributed by atoms with E-state index in [0.29, 0.717) is 0 Å². The van der Waals surface area contributed by atoms with Crippen molar-refractivity contribution >= 4 is 17.6 Å². The van der Waals surface area contributed by atoms with Crippen molar-refractivity contribution in [2.45, 2.75) is 19.9 Å². The molecule has 0 aliphatic heterocycles. The molecule has 0 saturated heterocycles. The summed E-state index contributed by atoms with van der Waals surface area (Å²) in [6.07, 6.45) is 0. The van der Waals surface area contributed by atoms with Crippen molar-refractivity contribution in [3.63, 3.8) is 0 Å². The van der Waals surface area contributed by atoms with Crippen molar-refractivity contribution in [2.75, 3.05) is 6.61 Å². The molecule has 0 bridgehead atoms. The van der Waals surface area contributed by atoms with Crippen LogP contribution >= 0.6 is 0 Å². The highest BCUT2D eigenvalue weighted by atomic mass is 16.6. The van der Waals surface area contributed by atoms with Crippen LogP contribution in [0.15, 0.2) is 48.5 Å². The van der Waals surface area contributed by atoms with Gasteiger partial charge < -0.3 is 10.1 Å². The number of rotatable bonds is 6. The molecular formula is C18H18N2O5. The number of ether oxygens (including phenoxy) is 1. The average molecular weight is 342 g/mol. The number of nitrogens with one attached hydrogen (secondary N) is 1. The molecule has 0 aliphatic carbocycles. The summed E-state index contributed by atoms with van der Waals surface area (Å²) in [4.78, 5) is 34.3. The van der Waals surface area contributed by atoms with E-state index in [1.54, 1.807) is 0 Å². The van der Waals surface area contributed by atoms with E-state index >= 15 is 0 Å². The van der Waals surface area contributed by atoms with Gasteiger partial charge in [-0.1, -0.05) is 36.4 Å². The molecule has 2 rings (SSSR count). The summed E-state index contributed by atoms with van der Waals surface area (Å²) < 4.78 is 4.97. The minimum absolute atomic E-state index is 0.0677. The Hall–Kier alpha value is -3.22. The summed E-state index contributed by atoms with van der Waals surface area (Å²) in [5.41, 5.74) is 1.03. The number of hydrogen-bond acceptors (Lipinski definition) is 5. The quantitative estimate of drug-likeness (QED) is 0.494. The van der Waals surface area contributed by atoms with Gasteiger partial charge in [0.05, 0.1) is 16.5 Å². The molecule has 0 radical (unpaired) electrons. The van der Waals surface area contributed by atoms with Crippen LogP contribution in [0.25, 0.3) is 0 Å². The highest BCUT2D eigenvalue weighted by Gasteiger charge is 2.20. The van der Waals surface area contributed by atoms with Crippen molar-refractivity contribution in [3.05, 3.63) is 75.3 Å². The third kappa shape index (κ3) is 4.63. The molecule has 1 amide bonds. The minimum atomic E-state index is -0.774. The van der Waals surface area contributed by atoms with E-state index in [1.165, 1.54) is 25.1 Å². The lowest BCUT2D eigenvalue weighted by Gasteiger charge is -2.14.